The molecule has 1 aliphatic carbocycles. The van der Waals surface area contributed by atoms with Crippen molar-refractivity contribution in [1.29, 1.82) is 0 Å². The Morgan fingerprint density at radius 2 is 1.96 bits per heavy atom. The van der Waals surface area contributed by atoms with E-state index in [1.807, 2.05) is 30.5 Å². The van der Waals surface area contributed by atoms with Gasteiger partial charge in [0, 0.05) is 31.4 Å². The highest BCUT2D eigenvalue weighted by Gasteiger charge is 2.14. The van der Waals surface area contributed by atoms with Crippen LogP contribution in [-0.4, -0.2) is 37.2 Å². The molecule has 0 atom stereocenters. The summed E-state index contributed by atoms with van der Waals surface area (Å²) in [4.78, 5) is 19.1. The Balaban J connectivity index is 1.35. The monoisotopic (exact) mass is 337 g/mol. The molecule has 130 valence electrons. The molecule has 1 N–H and O–H groups in total. The number of anilines is 1. The third-order valence-electron chi connectivity index (χ3n) is 4.96. The first kappa shape index (κ1) is 16.1. The first-order valence-corrected chi connectivity index (χ1v) is 8.97. The number of carbonyl (C=O) groups is 1. The van der Waals surface area contributed by atoms with Crippen LogP contribution in [0, 0.1) is 0 Å². The third kappa shape index (κ3) is 3.66. The summed E-state index contributed by atoms with van der Waals surface area (Å²) in [6.45, 7) is 3.75. The number of nitrogens with one attached hydrogen (secondary N) is 1. The number of pyridine rings is 1. The molecule has 1 aromatic carbocycles. The predicted molar refractivity (Wildman–Crippen MR) is 96.9 cm³/mol. The molecule has 0 bridgehead atoms. The third-order valence-corrected chi connectivity index (χ3v) is 4.96. The second kappa shape index (κ2) is 7.23. The van der Waals surface area contributed by atoms with Crippen LogP contribution in [0.25, 0.3) is 0 Å². The summed E-state index contributed by atoms with van der Waals surface area (Å²) in [5.74, 6) is 0.948. The second-order valence-corrected chi connectivity index (χ2v) is 6.64. The van der Waals surface area contributed by atoms with Gasteiger partial charge in [-0.25, -0.2) is 4.98 Å². The van der Waals surface area contributed by atoms with Crippen molar-refractivity contribution in [2.24, 2.45) is 0 Å². The zero-order valence-corrected chi connectivity index (χ0v) is 14.3. The first-order valence-electron chi connectivity index (χ1n) is 8.97. The molecule has 1 aliphatic heterocycles. The highest BCUT2D eigenvalue weighted by Crippen LogP contribution is 2.22. The molecule has 5 heteroatoms. The van der Waals surface area contributed by atoms with Crippen molar-refractivity contribution in [3.05, 3.63) is 58.8 Å². The van der Waals surface area contributed by atoms with Gasteiger partial charge in [-0.2, -0.15) is 0 Å². The van der Waals surface area contributed by atoms with E-state index < -0.39 is 0 Å². The van der Waals surface area contributed by atoms with Crippen molar-refractivity contribution < 1.29 is 9.53 Å². The maximum Gasteiger partial charge on any atom is 0.251 e. The zero-order valence-electron chi connectivity index (χ0n) is 14.3. The normalized spacial score (nSPS) is 16.6. The summed E-state index contributed by atoms with van der Waals surface area (Å²) in [7, 11) is 0. The number of amides is 1. The van der Waals surface area contributed by atoms with E-state index >= 15 is 0 Å². The lowest BCUT2D eigenvalue weighted by Gasteiger charge is -2.27. The van der Waals surface area contributed by atoms with Crippen LogP contribution < -0.4 is 10.2 Å². The van der Waals surface area contributed by atoms with E-state index in [2.05, 4.69) is 21.3 Å². The molecule has 2 aromatic rings. The fraction of sp³-hybridized carbons (Fsp3) is 0.400. The number of ether oxygens (including phenoxy) is 1. The van der Waals surface area contributed by atoms with Crippen LogP contribution in [0.5, 0.6) is 0 Å². The largest absolute Gasteiger partial charge is 0.378 e. The molecule has 5 nitrogen and oxygen atoms in total. The number of benzene rings is 1. The van der Waals surface area contributed by atoms with Crippen LogP contribution in [0.2, 0.25) is 0 Å². The summed E-state index contributed by atoms with van der Waals surface area (Å²) >= 11 is 0. The Morgan fingerprint density at radius 3 is 2.76 bits per heavy atom. The van der Waals surface area contributed by atoms with Crippen molar-refractivity contribution in [2.75, 3.05) is 31.2 Å². The first-order chi connectivity index (χ1) is 12.3. The number of hydrogen-bond donors (Lipinski definition) is 1. The molecule has 25 heavy (non-hydrogen) atoms. The number of fused-ring (bicyclic) bond motifs is 1. The number of nitrogens with zero attached hydrogens (tertiary/aromatic N) is 2. The molecule has 2 aliphatic rings. The van der Waals surface area contributed by atoms with E-state index in [1.54, 1.807) is 0 Å². The number of rotatable bonds is 4. The van der Waals surface area contributed by atoms with Crippen LogP contribution in [0.15, 0.2) is 36.5 Å². The van der Waals surface area contributed by atoms with Gasteiger partial charge in [-0.3, -0.25) is 4.79 Å². The van der Waals surface area contributed by atoms with Gasteiger partial charge in [0.05, 0.1) is 13.2 Å². The van der Waals surface area contributed by atoms with Gasteiger partial charge < -0.3 is 15.0 Å². The summed E-state index contributed by atoms with van der Waals surface area (Å²) in [6.07, 6.45) is 5.26. The quantitative estimate of drug-likeness (QED) is 0.930. The lowest BCUT2D eigenvalue weighted by molar-refractivity contribution is 0.0950. The molecule has 1 fully saturated rings. The predicted octanol–water partition coefficient (Wildman–Crippen LogP) is 2.34. The summed E-state index contributed by atoms with van der Waals surface area (Å²) in [5, 5.41) is 2.99. The van der Waals surface area contributed by atoms with Gasteiger partial charge >= 0.3 is 0 Å². The number of carbonyl (C=O) groups excluding carboxylic acids is 1. The molecule has 0 unspecified atom stereocenters. The van der Waals surface area contributed by atoms with Crippen LogP contribution in [0.1, 0.15) is 33.5 Å². The minimum absolute atomic E-state index is 0.0213. The van der Waals surface area contributed by atoms with Crippen molar-refractivity contribution in [1.82, 2.24) is 10.3 Å². The number of morpholine rings is 1. The molecule has 0 saturated carbocycles. The van der Waals surface area contributed by atoms with E-state index in [0.717, 1.165) is 56.1 Å². The zero-order chi connectivity index (χ0) is 17.1. The minimum atomic E-state index is -0.0213. The lowest BCUT2D eigenvalue weighted by Crippen LogP contribution is -2.36. The Morgan fingerprint density at radius 1 is 1.12 bits per heavy atom. The Hall–Kier alpha value is -2.40. The summed E-state index contributed by atoms with van der Waals surface area (Å²) in [6, 6.07) is 10.1. The second-order valence-electron chi connectivity index (χ2n) is 6.64. The molecule has 2 heterocycles. The number of aryl methyl sites for hydroxylation is 2. The molecule has 0 spiro atoms. The van der Waals surface area contributed by atoms with Crippen LogP contribution in [-0.2, 0) is 24.1 Å². The average molecular weight is 337 g/mol. The average Bonchev–Trinajstić information content (AvgIpc) is 3.15. The topological polar surface area (TPSA) is 54.5 Å². The van der Waals surface area contributed by atoms with Gasteiger partial charge in [-0.15, -0.1) is 0 Å². The van der Waals surface area contributed by atoms with E-state index in [0.29, 0.717) is 6.54 Å². The van der Waals surface area contributed by atoms with Gasteiger partial charge in [0.25, 0.3) is 5.91 Å². The fourth-order valence-corrected chi connectivity index (χ4v) is 3.50. The lowest BCUT2D eigenvalue weighted by atomic mass is 10.1. The standard InChI is InChI=1S/C20H23N3O2/c24-20(18-6-5-16-2-1-3-17(16)12-18)22-14-15-4-7-19(21-13-15)23-8-10-25-11-9-23/h4-7,12-13H,1-3,8-11,14H2,(H,22,24). The molecule has 1 aromatic heterocycles. The van der Waals surface area contributed by atoms with Gasteiger partial charge in [-0.1, -0.05) is 12.1 Å². The van der Waals surface area contributed by atoms with Crippen LogP contribution in [0.4, 0.5) is 5.82 Å². The van der Waals surface area contributed by atoms with Crippen LogP contribution in [0.3, 0.4) is 0 Å². The summed E-state index contributed by atoms with van der Waals surface area (Å²) < 4.78 is 5.36. The molecular weight excluding hydrogens is 314 g/mol. The van der Waals surface area contributed by atoms with Gasteiger partial charge in [0.1, 0.15) is 5.82 Å². The van der Waals surface area contributed by atoms with Gasteiger partial charge in [-0.05, 0) is 54.2 Å². The maximum atomic E-state index is 12.4. The number of hydrogen-bond acceptors (Lipinski definition) is 4. The highest BCUT2D eigenvalue weighted by molar-refractivity contribution is 5.94. The van der Waals surface area contributed by atoms with Gasteiger partial charge in [0.15, 0.2) is 0 Å². The van der Waals surface area contributed by atoms with Crippen molar-refractivity contribution >= 4 is 11.7 Å². The molecule has 1 saturated heterocycles. The Kier molecular flexibility index (Phi) is 4.65. The van der Waals surface area contributed by atoms with E-state index in [-0.39, 0.29) is 5.91 Å². The molecular formula is C20H23N3O2. The molecule has 1 amide bonds. The van der Waals surface area contributed by atoms with Crippen molar-refractivity contribution in [2.45, 2.75) is 25.8 Å². The van der Waals surface area contributed by atoms with E-state index in [4.69, 9.17) is 4.74 Å². The highest BCUT2D eigenvalue weighted by atomic mass is 16.5. The van der Waals surface area contributed by atoms with Crippen molar-refractivity contribution in [3.63, 3.8) is 0 Å². The molecule has 0 radical (unpaired) electrons. The fourth-order valence-electron chi connectivity index (χ4n) is 3.50. The maximum absolute atomic E-state index is 12.4. The summed E-state index contributed by atoms with van der Waals surface area (Å²) in [5.41, 5.74) is 4.47. The van der Waals surface area contributed by atoms with Crippen LogP contribution >= 0.6 is 0 Å². The van der Waals surface area contributed by atoms with E-state index in [1.165, 1.54) is 17.5 Å². The number of aromatic nitrogens is 1. The SMILES string of the molecule is O=C(NCc1ccc(N2CCOCC2)nc1)c1ccc2c(c1)CCC2. The smallest absolute Gasteiger partial charge is 0.251 e. The van der Waals surface area contributed by atoms with Gasteiger partial charge in [0.2, 0.25) is 0 Å². The minimum Gasteiger partial charge on any atom is -0.378 e. The Bertz CT molecular complexity index is 752. The van der Waals surface area contributed by atoms with E-state index in [9.17, 15) is 4.79 Å². The Labute approximate surface area is 148 Å². The van der Waals surface area contributed by atoms with Crippen molar-refractivity contribution in [3.8, 4) is 0 Å². The molecule has 4 rings (SSSR count).